The minimum atomic E-state index is 0.922. The van der Waals surface area contributed by atoms with E-state index < -0.39 is 0 Å². The van der Waals surface area contributed by atoms with E-state index in [-0.39, 0.29) is 0 Å². The first-order valence-corrected chi connectivity index (χ1v) is 13.9. The van der Waals surface area contributed by atoms with Gasteiger partial charge in [0, 0.05) is 16.3 Å². The van der Waals surface area contributed by atoms with Gasteiger partial charge in [0.1, 0.15) is 11.2 Å². The molecule has 0 N–H and O–H groups in total. The molecule has 0 saturated heterocycles. The largest absolute Gasteiger partial charge is 0.455 e. The second kappa shape index (κ2) is 9.70. The molecule has 192 valence electrons. The zero-order chi connectivity index (χ0) is 27.2. The van der Waals surface area contributed by atoms with Crippen LogP contribution in [0.15, 0.2) is 132 Å². The van der Waals surface area contributed by atoms with Crippen LogP contribution in [0, 0.1) is 20.8 Å². The van der Waals surface area contributed by atoms with Crippen LogP contribution < -0.4 is 0 Å². The molecule has 0 radical (unpaired) electrons. The fraction of sp³-hybridized carbons (Fsp3) is 0.0769. The van der Waals surface area contributed by atoms with Crippen LogP contribution in [0.1, 0.15) is 16.7 Å². The Labute approximate surface area is 235 Å². The van der Waals surface area contributed by atoms with Crippen molar-refractivity contribution in [3.63, 3.8) is 0 Å². The molecule has 0 aliphatic heterocycles. The molecule has 1 nitrogen and oxygen atoms in total. The summed E-state index contributed by atoms with van der Waals surface area (Å²) >= 11 is 0. The van der Waals surface area contributed by atoms with Crippen molar-refractivity contribution >= 4 is 21.9 Å². The van der Waals surface area contributed by atoms with Gasteiger partial charge in [-0.3, -0.25) is 0 Å². The maximum absolute atomic E-state index is 6.39. The molecular formula is C39H30O. The fourth-order valence-electron chi connectivity index (χ4n) is 6.04. The molecule has 0 aliphatic carbocycles. The summed E-state index contributed by atoms with van der Waals surface area (Å²) in [5.74, 6) is 0. The summed E-state index contributed by atoms with van der Waals surface area (Å²) in [5, 5.41) is 2.30. The van der Waals surface area contributed by atoms with Crippen LogP contribution in [0.5, 0.6) is 0 Å². The smallest absolute Gasteiger partial charge is 0.143 e. The van der Waals surface area contributed by atoms with Crippen molar-refractivity contribution in [3.05, 3.63) is 144 Å². The normalized spacial score (nSPS) is 11.4. The summed E-state index contributed by atoms with van der Waals surface area (Å²) in [5.41, 5.74) is 15.5. The van der Waals surface area contributed by atoms with Crippen LogP contribution in [-0.4, -0.2) is 0 Å². The lowest BCUT2D eigenvalue weighted by atomic mass is 9.85. The van der Waals surface area contributed by atoms with E-state index in [2.05, 4.69) is 136 Å². The van der Waals surface area contributed by atoms with E-state index >= 15 is 0 Å². The molecule has 7 rings (SSSR count). The van der Waals surface area contributed by atoms with Crippen LogP contribution in [-0.2, 0) is 0 Å². The summed E-state index contributed by atoms with van der Waals surface area (Å²) in [4.78, 5) is 0. The highest BCUT2D eigenvalue weighted by Crippen LogP contribution is 2.42. The Morgan fingerprint density at radius 2 is 0.950 bits per heavy atom. The lowest BCUT2D eigenvalue weighted by Gasteiger charge is -2.18. The Balaban J connectivity index is 1.45. The SMILES string of the molecule is Cc1ccccc1-c1cc(-c2ccccc2C)c(-c2cccc(-c3cccc4c3oc3ccccc34)c2)cc1C. The van der Waals surface area contributed by atoms with E-state index in [1.165, 1.54) is 50.1 Å². The first kappa shape index (κ1) is 24.2. The van der Waals surface area contributed by atoms with Crippen LogP contribution in [0.2, 0.25) is 0 Å². The Morgan fingerprint density at radius 1 is 0.375 bits per heavy atom. The van der Waals surface area contributed by atoms with Crippen LogP contribution in [0.25, 0.3) is 66.4 Å². The van der Waals surface area contributed by atoms with E-state index in [1.54, 1.807) is 0 Å². The number of furan rings is 1. The monoisotopic (exact) mass is 514 g/mol. The molecule has 1 heteroatoms. The molecule has 0 bridgehead atoms. The highest BCUT2D eigenvalue weighted by Gasteiger charge is 2.17. The lowest BCUT2D eigenvalue weighted by molar-refractivity contribution is 0.670. The third-order valence-corrected chi connectivity index (χ3v) is 8.12. The number of benzene rings is 6. The van der Waals surface area contributed by atoms with Gasteiger partial charge in [-0.2, -0.15) is 0 Å². The third-order valence-electron chi connectivity index (χ3n) is 8.12. The van der Waals surface area contributed by atoms with Crippen molar-refractivity contribution in [2.75, 3.05) is 0 Å². The summed E-state index contributed by atoms with van der Waals surface area (Å²) in [6.07, 6.45) is 0. The Hall–Kier alpha value is -4.88. The van der Waals surface area contributed by atoms with Gasteiger partial charge in [0.05, 0.1) is 0 Å². The van der Waals surface area contributed by atoms with Crippen molar-refractivity contribution in [1.29, 1.82) is 0 Å². The van der Waals surface area contributed by atoms with E-state index in [4.69, 9.17) is 4.42 Å². The molecule has 0 fully saturated rings. The van der Waals surface area contributed by atoms with Crippen molar-refractivity contribution in [1.82, 2.24) is 0 Å². The summed E-state index contributed by atoms with van der Waals surface area (Å²) < 4.78 is 6.39. The standard InChI is InChI=1S/C39H30O/c1-25-12-4-6-16-30(25)35-24-37(31-17-7-5-13-26(31)2)36(22-27(35)3)29-15-10-14-28(23-29)32-19-11-20-34-33-18-8-9-21-38(33)40-39(32)34/h4-24H,1-3H3. The third kappa shape index (κ3) is 4.03. The van der Waals surface area contributed by atoms with Crippen molar-refractivity contribution in [2.24, 2.45) is 0 Å². The Bertz CT molecular complexity index is 2040. The van der Waals surface area contributed by atoms with Gasteiger partial charge >= 0.3 is 0 Å². The maximum atomic E-state index is 6.39. The first-order valence-electron chi connectivity index (χ1n) is 13.9. The predicted molar refractivity (Wildman–Crippen MR) is 170 cm³/mol. The summed E-state index contributed by atoms with van der Waals surface area (Å²) in [6.45, 7) is 6.62. The second-order valence-electron chi connectivity index (χ2n) is 10.7. The lowest BCUT2D eigenvalue weighted by Crippen LogP contribution is -1.94. The molecule has 7 aromatic rings. The molecule has 0 atom stereocenters. The first-order chi connectivity index (χ1) is 19.6. The van der Waals surface area contributed by atoms with Gasteiger partial charge in [-0.1, -0.05) is 109 Å². The maximum Gasteiger partial charge on any atom is 0.143 e. The van der Waals surface area contributed by atoms with Crippen LogP contribution >= 0.6 is 0 Å². The predicted octanol–water partition coefficient (Wildman–Crippen LogP) is 11.2. The Kier molecular flexibility index (Phi) is 5.86. The van der Waals surface area contributed by atoms with Gasteiger partial charge in [0.2, 0.25) is 0 Å². The topological polar surface area (TPSA) is 13.1 Å². The average molecular weight is 515 g/mol. The fourth-order valence-corrected chi connectivity index (χ4v) is 6.04. The Morgan fingerprint density at radius 3 is 1.70 bits per heavy atom. The van der Waals surface area contributed by atoms with E-state index in [9.17, 15) is 0 Å². The number of hydrogen-bond donors (Lipinski definition) is 0. The van der Waals surface area contributed by atoms with Crippen molar-refractivity contribution < 1.29 is 4.42 Å². The number of hydrogen-bond acceptors (Lipinski definition) is 1. The van der Waals surface area contributed by atoms with E-state index in [0.717, 1.165) is 33.1 Å². The zero-order valence-electron chi connectivity index (χ0n) is 23.0. The molecule has 1 heterocycles. The van der Waals surface area contributed by atoms with E-state index in [1.807, 2.05) is 12.1 Å². The molecule has 0 amide bonds. The van der Waals surface area contributed by atoms with Crippen LogP contribution in [0.3, 0.4) is 0 Å². The van der Waals surface area contributed by atoms with Crippen LogP contribution in [0.4, 0.5) is 0 Å². The molecule has 0 saturated carbocycles. The molecule has 40 heavy (non-hydrogen) atoms. The number of aryl methyl sites for hydroxylation is 3. The summed E-state index contributed by atoms with van der Waals surface area (Å²) in [7, 11) is 0. The number of para-hydroxylation sites is 2. The van der Waals surface area contributed by atoms with Gasteiger partial charge in [-0.15, -0.1) is 0 Å². The van der Waals surface area contributed by atoms with Gasteiger partial charge in [0.25, 0.3) is 0 Å². The van der Waals surface area contributed by atoms with E-state index in [0.29, 0.717) is 0 Å². The van der Waals surface area contributed by atoms with Gasteiger partial charge in [-0.25, -0.2) is 0 Å². The quantitative estimate of drug-likeness (QED) is 0.228. The molecule has 6 aromatic carbocycles. The average Bonchev–Trinajstić information content (AvgIpc) is 3.37. The van der Waals surface area contributed by atoms with Crippen molar-refractivity contribution in [2.45, 2.75) is 20.8 Å². The second-order valence-corrected chi connectivity index (χ2v) is 10.7. The highest BCUT2D eigenvalue weighted by molar-refractivity contribution is 6.09. The highest BCUT2D eigenvalue weighted by atomic mass is 16.3. The zero-order valence-corrected chi connectivity index (χ0v) is 23.0. The number of rotatable bonds is 4. The summed E-state index contributed by atoms with van der Waals surface area (Å²) in [6, 6.07) is 45.7. The minimum absolute atomic E-state index is 0.922. The van der Waals surface area contributed by atoms with Gasteiger partial charge < -0.3 is 4.42 Å². The minimum Gasteiger partial charge on any atom is -0.455 e. The molecule has 0 aliphatic rings. The van der Waals surface area contributed by atoms with Gasteiger partial charge in [-0.05, 0) is 94.6 Å². The molecule has 0 spiro atoms. The molecular weight excluding hydrogens is 484 g/mol. The number of fused-ring (bicyclic) bond motifs is 3. The molecule has 0 unspecified atom stereocenters. The molecule has 1 aromatic heterocycles. The van der Waals surface area contributed by atoms with Gasteiger partial charge in [0.15, 0.2) is 0 Å². The van der Waals surface area contributed by atoms with Crippen molar-refractivity contribution in [3.8, 4) is 44.5 Å².